The number of nitrogens with one attached hydrogen (secondary N) is 1. The van der Waals surface area contributed by atoms with E-state index in [0.29, 0.717) is 12.1 Å². The Labute approximate surface area is 115 Å². The standard InChI is InChI=1S/C16H23NO2/c1-3-8-17-14-11-16(9-12(10-16)18-2)19-15-7-5-4-6-13(14)15/h4-7,12,14,17H,3,8-11H2,1-2H3. The van der Waals surface area contributed by atoms with Crippen molar-refractivity contribution in [1.29, 1.82) is 0 Å². The van der Waals surface area contributed by atoms with Crippen molar-refractivity contribution in [2.75, 3.05) is 13.7 Å². The Morgan fingerprint density at radius 3 is 2.84 bits per heavy atom. The fourth-order valence-corrected chi connectivity index (χ4v) is 3.31. The number of benzene rings is 1. The molecule has 0 bridgehead atoms. The highest BCUT2D eigenvalue weighted by Gasteiger charge is 2.50. The van der Waals surface area contributed by atoms with Crippen molar-refractivity contribution in [3.05, 3.63) is 29.8 Å². The van der Waals surface area contributed by atoms with E-state index in [0.717, 1.165) is 38.0 Å². The molecule has 0 saturated heterocycles. The van der Waals surface area contributed by atoms with Gasteiger partial charge in [0.2, 0.25) is 0 Å². The average molecular weight is 261 g/mol. The summed E-state index contributed by atoms with van der Waals surface area (Å²) < 4.78 is 11.7. The highest BCUT2D eigenvalue weighted by Crippen LogP contribution is 2.49. The van der Waals surface area contributed by atoms with Gasteiger partial charge in [-0.25, -0.2) is 0 Å². The molecule has 104 valence electrons. The summed E-state index contributed by atoms with van der Waals surface area (Å²) in [6.45, 7) is 3.26. The molecule has 0 radical (unpaired) electrons. The predicted octanol–water partition coefficient (Wildman–Crippen LogP) is 3.06. The van der Waals surface area contributed by atoms with Crippen LogP contribution in [-0.4, -0.2) is 25.4 Å². The summed E-state index contributed by atoms with van der Waals surface area (Å²) in [6, 6.07) is 8.85. The molecule has 0 amide bonds. The van der Waals surface area contributed by atoms with Gasteiger partial charge in [0.1, 0.15) is 11.4 Å². The number of hydrogen-bond acceptors (Lipinski definition) is 3. The molecule has 1 spiro atoms. The quantitative estimate of drug-likeness (QED) is 0.903. The van der Waals surface area contributed by atoms with Crippen LogP contribution in [0.25, 0.3) is 0 Å². The van der Waals surface area contributed by atoms with Crippen molar-refractivity contribution >= 4 is 0 Å². The molecule has 3 nitrogen and oxygen atoms in total. The highest BCUT2D eigenvalue weighted by atomic mass is 16.5. The van der Waals surface area contributed by atoms with Gasteiger partial charge in [-0.15, -0.1) is 0 Å². The third-order valence-electron chi connectivity index (χ3n) is 4.37. The van der Waals surface area contributed by atoms with E-state index in [1.54, 1.807) is 7.11 Å². The molecule has 1 fully saturated rings. The first kappa shape index (κ1) is 12.9. The maximum absolute atomic E-state index is 6.28. The monoisotopic (exact) mass is 261 g/mol. The molecule has 1 heterocycles. The maximum atomic E-state index is 6.28. The van der Waals surface area contributed by atoms with Crippen molar-refractivity contribution in [2.24, 2.45) is 0 Å². The topological polar surface area (TPSA) is 30.5 Å². The van der Waals surface area contributed by atoms with Crippen LogP contribution >= 0.6 is 0 Å². The van der Waals surface area contributed by atoms with Gasteiger partial charge in [0, 0.05) is 38.0 Å². The van der Waals surface area contributed by atoms with Crippen molar-refractivity contribution < 1.29 is 9.47 Å². The molecule has 0 aromatic heterocycles. The predicted molar refractivity (Wildman–Crippen MR) is 75.5 cm³/mol. The Morgan fingerprint density at radius 2 is 2.11 bits per heavy atom. The van der Waals surface area contributed by atoms with Crippen LogP contribution in [0, 0.1) is 0 Å². The van der Waals surface area contributed by atoms with Crippen LogP contribution in [-0.2, 0) is 4.74 Å². The van der Waals surface area contributed by atoms with E-state index in [-0.39, 0.29) is 5.60 Å². The summed E-state index contributed by atoms with van der Waals surface area (Å²) >= 11 is 0. The lowest BCUT2D eigenvalue weighted by molar-refractivity contribution is -0.126. The molecule has 1 atom stereocenters. The Bertz CT molecular complexity index is 440. The van der Waals surface area contributed by atoms with E-state index in [4.69, 9.17) is 9.47 Å². The van der Waals surface area contributed by atoms with E-state index < -0.39 is 0 Å². The number of rotatable bonds is 4. The van der Waals surface area contributed by atoms with Crippen molar-refractivity contribution in [1.82, 2.24) is 5.32 Å². The van der Waals surface area contributed by atoms with Gasteiger partial charge in [-0.1, -0.05) is 25.1 Å². The van der Waals surface area contributed by atoms with E-state index in [2.05, 4.69) is 36.5 Å². The molecular formula is C16H23NO2. The number of fused-ring (bicyclic) bond motifs is 1. The van der Waals surface area contributed by atoms with E-state index in [1.165, 1.54) is 5.56 Å². The zero-order valence-corrected chi connectivity index (χ0v) is 11.8. The Balaban J connectivity index is 1.80. The van der Waals surface area contributed by atoms with Gasteiger partial charge in [-0.3, -0.25) is 0 Å². The third kappa shape index (κ3) is 2.37. The van der Waals surface area contributed by atoms with Gasteiger partial charge in [0.25, 0.3) is 0 Å². The molecule has 1 unspecified atom stereocenters. The third-order valence-corrected chi connectivity index (χ3v) is 4.37. The number of methoxy groups -OCH3 is 1. The summed E-state index contributed by atoms with van der Waals surface area (Å²) in [4.78, 5) is 0. The summed E-state index contributed by atoms with van der Waals surface area (Å²) in [5, 5.41) is 3.66. The first-order valence-corrected chi connectivity index (χ1v) is 7.30. The van der Waals surface area contributed by atoms with E-state index in [1.807, 2.05) is 0 Å². The van der Waals surface area contributed by atoms with Gasteiger partial charge in [-0.2, -0.15) is 0 Å². The minimum Gasteiger partial charge on any atom is -0.487 e. The molecule has 2 aliphatic rings. The Morgan fingerprint density at radius 1 is 1.32 bits per heavy atom. The van der Waals surface area contributed by atoms with Crippen LogP contribution in [0.3, 0.4) is 0 Å². The molecule has 1 aromatic carbocycles. The molecule has 1 aliphatic carbocycles. The fraction of sp³-hybridized carbons (Fsp3) is 0.625. The lowest BCUT2D eigenvalue weighted by Gasteiger charge is -2.51. The SMILES string of the molecule is CCCNC1CC2(CC(OC)C2)Oc2ccccc21. The molecule has 3 heteroatoms. The number of ether oxygens (including phenoxy) is 2. The van der Waals surface area contributed by atoms with Crippen LogP contribution in [0.1, 0.15) is 44.2 Å². The lowest BCUT2D eigenvalue weighted by atomic mass is 9.71. The Hall–Kier alpha value is -1.06. The Kier molecular flexibility index (Phi) is 3.50. The zero-order chi connectivity index (χ0) is 13.3. The molecular weight excluding hydrogens is 238 g/mol. The maximum Gasteiger partial charge on any atom is 0.124 e. The summed E-state index contributed by atoms with van der Waals surface area (Å²) in [7, 11) is 1.79. The smallest absolute Gasteiger partial charge is 0.124 e. The largest absolute Gasteiger partial charge is 0.487 e. The van der Waals surface area contributed by atoms with E-state index in [9.17, 15) is 0 Å². The van der Waals surface area contributed by atoms with Gasteiger partial charge in [-0.05, 0) is 19.0 Å². The molecule has 19 heavy (non-hydrogen) atoms. The minimum absolute atomic E-state index is 0.000435. The lowest BCUT2D eigenvalue weighted by Crippen LogP contribution is -2.56. The first-order valence-electron chi connectivity index (χ1n) is 7.30. The zero-order valence-electron chi connectivity index (χ0n) is 11.8. The van der Waals surface area contributed by atoms with E-state index >= 15 is 0 Å². The minimum atomic E-state index is 0.000435. The van der Waals surface area contributed by atoms with Crippen LogP contribution < -0.4 is 10.1 Å². The molecule has 1 N–H and O–H groups in total. The van der Waals surface area contributed by atoms with Crippen LogP contribution in [0.5, 0.6) is 5.75 Å². The summed E-state index contributed by atoms with van der Waals surface area (Å²) in [5.41, 5.74) is 1.31. The fourth-order valence-electron chi connectivity index (χ4n) is 3.31. The van der Waals surface area contributed by atoms with Crippen LogP contribution in [0.2, 0.25) is 0 Å². The van der Waals surface area contributed by atoms with Crippen molar-refractivity contribution in [3.63, 3.8) is 0 Å². The van der Waals surface area contributed by atoms with Gasteiger partial charge in [0.15, 0.2) is 0 Å². The average Bonchev–Trinajstić information content (AvgIpc) is 2.41. The second-order valence-electron chi connectivity index (χ2n) is 5.80. The number of hydrogen-bond donors (Lipinski definition) is 1. The summed E-state index contributed by atoms with van der Waals surface area (Å²) in [6.07, 6.45) is 4.62. The number of para-hydroxylation sites is 1. The van der Waals surface area contributed by atoms with Crippen molar-refractivity contribution in [3.8, 4) is 5.75 Å². The molecule has 1 aromatic rings. The second kappa shape index (κ2) is 5.14. The highest BCUT2D eigenvalue weighted by molar-refractivity contribution is 5.39. The van der Waals surface area contributed by atoms with Gasteiger partial charge < -0.3 is 14.8 Å². The molecule has 1 saturated carbocycles. The van der Waals surface area contributed by atoms with Crippen LogP contribution in [0.15, 0.2) is 24.3 Å². The second-order valence-corrected chi connectivity index (χ2v) is 5.80. The summed E-state index contributed by atoms with van der Waals surface area (Å²) in [5.74, 6) is 1.05. The first-order chi connectivity index (χ1) is 9.26. The van der Waals surface area contributed by atoms with Crippen LogP contribution in [0.4, 0.5) is 0 Å². The van der Waals surface area contributed by atoms with Gasteiger partial charge >= 0.3 is 0 Å². The molecule has 3 rings (SSSR count). The molecule has 1 aliphatic heterocycles. The normalized spacial score (nSPS) is 32.5. The van der Waals surface area contributed by atoms with Gasteiger partial charge in [0.05, 0.1) is 6.10 Å². The van der Waals surface area contributed by atoms with Crippen molar-refractivity contribution in [2.45, 2.75) is 50.4 Å².